The highest BCUT2D eigenvalue weighted by Gasteiger charge is 2.23. The predicted octanol–water partition coefficient (Wildman–Crippen LogP) is 2.09. The van der Waals surface area contributed by atoms with Crippen molar-refractivity contribution < 1.29 is 18.0 Å². The van der Waals surface area contributed by atoms with Gasteiger partial charge in [0, 0.05) is 25.4 Å². The maximum absolute atomic E-state index is 12.6. The lowest BCUT2D eigenvalue weighted by Gasteiger charge is -2.16. The number of benzene rings is 1. The minimum Gasteiger partial charge on any atom is -0.326 e. The minimum absolute atomic E-state index is 0.0435. The molecule has 2 N–H and O–H groups in total. The molecule has 0 radical (unpaired) electrons. The molecule has 0 unspecified atom stereocenters. The fourth-order valence-corrected chi connectivity index (χ4v) is 3.93. The van der Waals surface area contributed by atoms with Crippen molar-refractivity contribution in [2.45, 2.75) is 50.3 Å². The number of rotatable bonds is 6. The summed E-state index contributed by atoms with van der Waals surface area (Å²) in [5, 5.41) is 6.72. The summed E-state index contributed by atoms with van der Waals surface area (Å²) in [6, 6.07) is 5.78. The molecule has 9 heteroatoms. The van der Waals surface area contributed by atoms with Crippen molar-refractivity contribution in [3.05, 3.63) is 24.3 Å². The molecule has 1 aliphatic rings. The number of amides is 2. The lowest BCUT2D eigenvalue weighted by Crippen LogP contribution is -2.37. The van der Waals surface area contributed by atoms with Crippen molar-refractivity contribution in [1.82, 2.24) is 9.73 Å². The van der Waals surface area contributed by atoms with Crippen LogP contribution in [0.2, 0.25) is 0 Å². The van der Waals surface area contributed by atoms with Gasteiger partial charge in [-0.15, -0.1) is 0 Å². The minimum atomic E-state index is -3.82. The molecule has 1 aromatic carbocycles. The summed E-state index contributed by atoms with van der Waals surface area (Å²) < 4.78 is 26.1. The molecule has 1 aliphatic carbocycles. The molecule has 1 fully saturated rings. The van der Waals surface area contributed by atoms with E-state index in [1.165, 1.54) is 51.1 Å². The molecule has 8 nitrogen and oxygen atoms in total. The van der Waals surface area contributed by atoms with Crippen LogP contribution in [-0.2, 0) is 19.6 Å². The standard InChI is InChI=1S/C18H26N4O4S/c1-14(23)19-15-9-11-17(12-10-15)27(25,26)22(2)13-18(24)21-20-16-7-5-3-4-6-8-16/h9-12H,3-8,13H2,1-2H3,(H,19,23)(H,21,24). The average molecular weight is 394 g/mol. The molecule has 0 spiro atoms. The Balaban J connectivity index is 1.96. The van der Waals surface area contributed by atoms with Gasteiger partial charge in [-0.1, -0.05) is 12.8 Å². The normalized spacial score (nSPS) is 15.1. The van der Waals surface area contributed by atoms with E-state index in [4.69, 9.17) is 0 Å². The second-order valence-corrected chi connectivity index (χ2v) is 8.64. The van der Waals surface area contributed by atoms with E-state index in [0.717, 1.165) is 35.7 Å². The maximum atomic E-state index is 12.6. The Kier molecular flexibility index (Phi) is 7.49. The van der Waals surface area contributed by atoms with Gasteiger partial charge in [-0.05, 0) is 49.9 Å². The first kappa shape index (κ1) is 21.0. The Morgan fingerprint density at radius 3 is 2.22 bits per heavy atom. The van der Waals surface area contributed by atoms with Gasteiger partial charge in [-0.25, -0.2) is 13.8 Å². The molecule has 148 valence electrons. The molecule has 27 heavy (non-hydrogen) atoms. The van der Waals surface area contributed by atoms with Crippen molar-refractivity contribution >= 4 is 33.2 Å². The van der Waals surface area contributed by atoms with Crippen LogP contribution in [-0.4, -0.2) is 43.8 Å². The molecule has 0 aromatic heterocycles. The first-order valence-electron chi connectivity index (χ1n) is 8.97. The number of likely N-dealkylation sites (N-methyl/N-ethyl adjacent to an activating group) is 1. The molecule has 1 saturated carbocycles. The van der Waals surface area contributed by atoms with Crippen molar-refractivity contribution in [1.29, 1.82) is 0 Å². The molecular formula is C18H26N4O4S. The van der Waals surface area contributed by atoms with Gasteiger partial charge >= 0.3 is 0 Å². The van der Waals surface area contributed by atoms with Gasteiger partial charge in [-0.2, -0.15) is 9.41 Å². The van der Waals surface area contributed by atoms with Gasteiger partial charge in [0.25, 0.3) is 5.91 Å². The number of anilines is 1. The van der Waals surface area contributed by atoms with Gasteiger partial charge in [0.15, 0.2) is 0 Å². The SMILES string of the molecule is CC(=O)Nc1ccc(S(=O)(=O)N(C)CC(=O)NN=C2CCCCCC2)cc1. The van der Waals surface area contributed by atoms with Crippen LogP contribution in [0.3, 0.4) is 0 Å². The highest BCUT2D eigenvalue weighted by molar-refractivity contribution is 7.89. The summed E-state index contributed by atoms with van der Waals surface area (Å²) in [4.78, 5) is 23.1. The van der Waals surface area contributed by atoms with Crippen molar-refractivity contribution in [3.63, 3.8) is 0 Å². The summed E-state index contributed by atoms with van der Waals surface area (Å²) in [5.41, 5.74) is 3.92. The van der Waals surface area contributed by atoms with Gasteiger partial charge in [0.1, 0.15) is 0 Å². The molecule has 2 amide bonds. The largest absolute Gasteiger partial charge is 0.326 e. The fraction of sp³-hybridized carbons (Fsp3) is 0.500. The zero-order chi connectivity index (χ0) is 19.9. The van der Waals surface area contributed by atoms with Crippen molar-refractivity contribution in [2.75, 3.05) is 18.9 Å². The van der Waals surface area contributed by atoms with Crippen LogP contribution in [0.5, 0.6) is 0 Å². The Hall–Kier alpha value is -2.26. The number of sulfonamides is 1. The van der Waals surface area contributed by atoms with Gasteiger partial charge < -0.3 is 5.32 Å². The summed E-state index contributed by atoms with van der Waals surface area (Å²) in [7, 11) is -2.47. The molecule has 2 rings (SSSR count). The molecule has 0 heterocycles. The zero-order valence-electron chi connectivity index (χ0n) is 15.7. The monoisotopic (exact) mass is 394 g/mol. The predicted molar refractivity (Wildman–Crippen MR) is 104 cm³/mol. The first-order valence-corrected chi connectivity index (χ1v) is 10.4. The third kappa shape index (κ3) is 6.44. The fourth-order valence-electron chi connectivity index (χ4n) is 2.81. The van der Waals surface area contributed by atoms with E-state index in [0.29, 0.717) is 5.69 Å². The second kappa shape index (κ2) is 9.61. The Morgan fingerprint density at radius 2 is 1.67 bits per heavy atom. The smallest absolute Gasteiger partial charge is 0.255 e. The van der Waals surface area contributed by atoms with E-state index in [1.54, 1.807) is 0 Å². The molecule has 1 aromatic rings. The van der Waals surface area contributed by atoms with Crippen LogP contribution in [0.4, 0.5) is 5.69 Å². The summed E-state index contributed by atoms with van der Waals surface area (Å²) in [5.74, 6) is -0.720. The number of nitrogens with one attached hydrogen (secondary N) is 2. The molecule has 0 atom stereocenters. The van der Waals surface area contributed by atoms with Crippen molar-refractivity contribution in [3.8, 4) is 0 Å². The number of hydrogen-bond acceptors (Lipinski definition) is 5. The van der Waals surface area contributed by atoms with E-state index in [-0.39, 0.29) is 17.3 Å². The lowest BCUT2D eigenvalue weighted by molar-refractivity contribution is -0.121. The summed E-state index contributed by atoms with van der Waals surface area (Å²) in [6.07, 6.45) is 6.22. The highest BCUT2D eigenvalue weighted by Crippen LogP contribution is 2.17. The number of hydrogen-bond donors (Lipinski definition) is 2. The van der Waals surface area contributed by atoms with Crippen LogP contribution >= 0.6 is 0 Å². The van der Waals surface area contributed by atoms with E-state index >= 15 is 0 Å². The van der Waals surface area contributed by atoms with Crippen LogP contribution in [0.15, 0.2) is 34.3 Å². The molecular weight excluding hydrogens is 368 g/mol. The highest BCUT2D eigenvalue weighted by atomic mass is 32.2. The Bertz CT molecular complexity index is 793. The van der Waals surface area contributed by atoms with Gasteiger partial charge in [0.05, 0.1) is 11.4 Å². The lowest BCUT2D eigenvalue weighted by atomic mass is 10.2. The van der Waals surface area contributed by atoms with Crippen LogP contribution in [0, 0.1) is 0 Å². The number of carbonyl (C=O) groups is 2. The number of nitrogens with zero attached hydrogens (tertiary/aromatic N) is 2. The van der Waals surface area contributed by atoms with E-state index in [9.17, 15) is 18.0 Å². The topological polar surface area (TPSA) is 108 Å². The molecule has 0 saturated heterocycles. The van der Waals surface area contributed by atoms with Gasteiger partial charge in [-0.3, -0.25) is 9.59 Å². The van der Waals surface area contributed by atoms with E-state index in [2.05, 4.69) is 15.8 Å². The van der Waals surface area contributed by atoms with E-state index in [1.807, 2.05) is 0 Å². The maximum Gasteiger partial charge on any atom is 0.255 e. The average Bonchev–Trinajstić information content (AvgIpc) is 2.88. The quantitative estimate of drug-likeness (QED) is 0.569. The third-order valence-corrected chi connectivity index (χ3v) is 6.09. The number of hydrazone groups is 1. The van der Waals surface area contributed by atoms with Crippen molar-refractivity contribution in [2.24, 2.45) is 5.10 Å². The Labute approximate surface area is 160 Å². The van der Waals surface area contributed by atoms with Crippen LogP contribution in [0.1, 0.15) is 45.4 Å². The summed E-state index contributed by atoms with van der Waals surface area (Å²) >= 11 is 0. The second-order valence-electron chi connectivity index (χ2n) is 6.59. The zero-order valence-corrected chi connectivity index (χ0v) is 16.5. The summed E-state index contributed by atoms with van der Waals surface area (Å²) in [6.45, 7) is 1.04. The Morgan fingerprint density at radius 1 is 1.07 bits per heavy atom. The first-order chi connectivity index (χ1) is 12.8. The third-order valence-electron chi connectivity index (χ3n) is 4.27. The van der Waals surface area contributed by atoms with Crippen LogP contribution < -0.4 is 10.7 Å². The molecule has 0 bridgehead atoms. The van der Waals surface area contributed by atoms with Gasteiger partial charge in [0.2, 0.25) is 15.9 Å². The van der Waals surface area contributed by atoms with E-state index < -0.39 is 15.9 Å². The molecule has 0 aliphatic heterocycles. The number of carbonyl (C=O) groups excluding carboxylic acids is 2. The van der Waals surface area contributed by atoms with Crippen LogP contribution in [0.25, 0.3) is 0 Å².